The number of aromatic nitrogens is 1. The van der Waals surface area contributed by atoms with E-state index < -0.39 is 0 Å². The van der Waals surface area contributed by atoms with Gasteiger partial charge in [0.2, 0.25) is 0 Å². The van der Waals surface area contributed by atoms with Gasteiger partial charge in [-0.15, -0.1) is 11.3 Å². The highest BCUT2D eigenvalue weighted by molar-refractivity contribution is 7.09. The largest absolute Gasteiger partial charge is 0.322 e. The molecule has 3 N–H and O–H groups in total. The Balaban J connectivity index is 1.84. The zero-order chi connectivity index (χ0) is 10.1. The zero-order valence-corrected chi connectivity index (χ0v) is 9.47. The van der Waals surface area contributed by atoms with E-state index in [1.165, 1.54) is 6.42 Å². The summed E-state index contributed by atoms with van der Waals surface area (Å²) >= 11 is 1.65. The van der Waals surface area contributed by atoms with Gasteiger partial charge >= 0.3 is 0 Å². The molecule has 1 aromatic heterocycles. The van der Waals surface area contributed by atoms with Crippen molar-refractivity contribution in [3.63, 3.8) is 0 Å². The van der Waals surface area contributed by atoms with E-state index in [-0.39, 0.29) is 6.04 Å². The molecular formula is C10H17N3S. The van der Waals surface area contributed by atoms with Crippen molar-refractivity contribution in [1.29, 1.82) is 0 Å². The first-order valence-electron chi connectivity index (χ1n) is 5.10. The van der Waals surface area contributed by atoms with Crippen LogP contribution in [0, 0.1) is 5.92 Å². The fraction of sp³-hybridized carbons (Fsp3) is 0.700. The molecule has 0 spiro atoms. The molecule has 4 heteroatoms. The fourth-order valence-electron chi connectivity index (χ4n) is 1.46. The Morgan fingerprint density at radius 2 is 2.50 bits per heavy atom. The number of hydrogen-bond donors (Lipinski definition) is 2. The molecule has 1 heterocycles. The molecule has 3 nitrogen and oxygen atoms in total. The van der Waals surface area contributed by atoms with Crippen LogP contribution < -0.4 is 11.1 Å². The summed E-state index contributed by atoms with van der Waals surface area (Å²) in [6, 6.07) is 0.782. The van der Waals surface area contributed by atoms with Crippen LogP contribution in [0.25, 0.3) is 0 Å². The van der Waals surface area contributed by atoms with Gasteiger partial charge in [-0.25, -0.2) is 4.98 Å². The highest BCUT2D eigenvalue weighted by Gasteiger charge is 2.31. The van der Waals surface area contributed by atoms with E-state index in [2.05, 4.69) is 22.6 Å². The van der Waals surface area contributed by atoms with Crippen molar-refractivity contribution in [2.75, 3.05) is 0 Å². The van der Waals surface area contributed by atoms with Crippen molar-refractivity contribution in [2.24, 2.45) is 11.7 Å². The summed E-state index contributed by atoms with van der Waals surface area (Å²) in [4.78, 5) is 4.47. The standard InChI is InChI=1S/C10H17N3S/c1-6-3-9(6)12-4-8-5-14-10(13-8)7(2)11/h5-7,9,12H,3-4,11H2,1-2H3. The molecule has 0 aliphatic heterocycles. The number of thiazole rings is 1. The summed E-state index contributed by atoms with van der Waals surface area (Å²) < 4.78 is 0. The van der Waals surface area contributed by atoms with Crippen molar-refractivity contribution < 1.29 is 0 Å². The number of nitrogens with zero attached hydrogens (tertiary/aromatic N) is 1. The van der Waals surface area contributed by atoms with Gasteiger partial charge in [-0.2, -0.15) is 0 Å². The molecule has 0 radical (unpaired) electrons. The van der Waals surface area contributed by atoms with E-state index >= 15 is 0 Å². The third-order valence-corrected chi connectivity index (χ3v) is 3.71. The predicted octanol–water partition coefficient (Wildman–Crippen LogP) is 1.66. The summed E-state index contributed by atoms with van der Waals surface area (Å²) in [5.41, 5.74) is 6.87. The molecule has 2 rings (SSSR count). The number of hydrogen-bond acceptors (Lipinski definition) is 4. The van der Waals surface area contributed by atoms with Crippen LogP contribution >= 0.6 is 11.3 Å². The molecule has 1 aliphatic rings. The third kappa shape index (κ3) is 2.32. The van der Waals surface area contributed by atoms with Gasteiger partial charge in [0.25, 0.3) is 0 Å². The molecule has 0 saturated heterocycles. The van der Waals surface area contributed by atoms with Crippen LogP contribution in [-0.2, 0) is 6.54 Å². The van der Waals surface area contributed by atoms with Crippen LogP contribution in [0.15, 0.2) is 5.38 Å². The maximum Gasteiger partial charge on any atom is 0.109 e. The lowest BCUT2D eigenvalue weighted by molar-refractivity contribution is 0.641. The van der Waals surface area contributed by atoms with Gasteiger partial charge in [-0.1, -0.05) is 6.92 Å². The predicted molar refractivity (Wildman–Crippen MR) is 59.1 cm³/mol. The first-order chi connectivity index (χ1) is 6.66. The topological polar surface area (TPSA) is 50.9 Å². The van der Waals surface area contributed by atoms with E-state index in [0.717, 1.165) is 29.2 Å². The highest BCUT2D eigenvalue weighted by Crippen LogP contribution is 2.29. The molecule has 3 unspecified atom stereocenters. The smallest absolute Gasteiger partial charge is 0.109 e. The van der Waals surface area contributed by atoms with Crippen LogP contribution in [0.4, 0.5) is 0 Å². The van der Waals surface area contributed by atoms with E-state index in [0.29, 0.717) is 0 Å². The lowest BCUT2D eigenvalue weighted by atomic mass is 10.4. The summed E-state index contributed by atoms with van der Waals surface area (Å²) in [7, 11) is 0. The van der Waals surface area contributed by atoms with Crippen LogP contribution in [0.5, 0.6) is 0 Å². The molecule has 1 fully saturated rings. The number of rotatable bonds is 4. The van der Waals surface area contributed by atoms with Gasteiger partial charge in [0.05, 0.1) is 11.7 Å². The Hall–Kier alpha value is -0.450. The molecule has 0 aromatic carbocycles. The van der Waals surface area contributed by atoms with E-state index in [4.69, 9.17) is 5.73 Å². The van der Waals surface area contributed by atoms with Crippen molar-refractivity contribution in [1.82, 2.24) is 10.3 Å². The van der Waals surface area contributed by atoms with Gasteiger partial charge in [-0.05, 0) is 19.3 Å². The quantitative estimate of drug-likeness (QED) is 0.796. The molecule has 1 aliphatic carbocycles. The van der Waals surface area contributed by atoms with Gasteiger partial charge in [-0.3, -0.25) is 0 Å². The molecular weight excluding hydrogens is 194 g/mol. The Kier molecular flexibility index (Phi) is 2.85. The summed E-state index contributed by atoms with van der Waals surface area (Å²) in [5, 5.41) is 6.61. The summed E-state index contributed by atoms with van der Waals surface area (Å²) in [6.07, 6.45) is 1.31. The maximum atomic E-state index is 5.74. The Morgan fingerprint density at radius 3 is 3.00 bits per heavy atom. The third-order valence-electron chi connectivity index (χ3n) is 2.61. The van der Waals surface area contributed by atoms with Gasteiger partial charge in [0.15, 0.2) is 0 Å². The molecule has 1 aromatic rings. The average Bonchev–Trinajstić information content (AvgIpc) is 2.68. The maximum absolute atomic E-state index is 5.74. The lowest BCUT2D eigenvalue weighted by Gasteiger charge is -2.00. The second-order valence-electron chi connectivity index (χ2n) is 4.17. The van der Waals surface area contributed by atoms with Crippen LogP contribution in [-0.4, -0.2) is 11.0 Å². The van der Waals surface area contributed by atoms with Crippen molar-refractivity contribution in [2.45, 2.75) is 38.9 Å². The first kappa shape index (κ1) is 10.1. The van der Waals surface area contributed by atoms with Crippen molar-refractivity contribution >= 4 is 11.3 Å². The Morgan fingerprint density at radius 1 is 1.79 bits per heavy atom. The molecule has 1 saturated carbocycles. The highest BCUT2D eigenvalue weighted by atomic mass is 32.1. The second-order valence-corrected chi connectivity index (χ2v) is 5.06. The molecule has 0 amide bonds. The Bertz CT molecular complexity index is 308. The second kappa shape index (κ2) is 3.96. The minimum Gasteiger partial charge on any atom is -0.322 e. The molecule has 14 heavy (non-hydrogen) atoms. The average molecular weight is 211 g/mol. The number of nitrogens with two attached hydrogens (primary N) is 1. The minimum absolute atomic E-state index is 0.0635. The molecule has 3 atom stereocenters. The van der Waals surface area contributed by atoms with Gasteiger partial charge in [0, 0.05) is 18.0 Å². The van der Waals surface area contributed by atoms with E-state index in [1.807, 2.05) is 6.92 Å². The lowest BCUT2D eigenvalue weighted by Crippen LogP contribution is -2.17. The monoisotopic (exact) mass is 211 g/mol. The Labute approximate surface area is 88.7 Å². The fourth-order valence-corrected chi connectivity index (χ4v) is 2.23. The normalized spacial score (nSPS) is 27.6. The van der Waals surface area contributed by atoms with Gasteiger partial charge < -0.3 is 11.1 Å². The van der Waals surface area contributed by atoms with Crippen LogP contribution in [0.1, 0.15) is 37.0 Å². The zero-order valence-electron chi connectivity index (χ0n) is 8.66. The van der Waals surface area contributed by atoms with E-state index in [1.54, 1.807) is 11.3 Å². The first-order valence-corrected chi connectivity index (χ1v) is 5.98. The van der Waals surface area contributed by atoms with Crippen molar-refractivity contribution in [3.8, 4) is 0 Å². The summed E-state index contributed by atoms with van der Waals surface area (Å²) in [5.74, 6) is 0.849. The van der Waals surface area contributed by atoms with Crippen LogP contribution in [0.3, 0.4) is 0 Å². The molecule has 0 bridgehead atoms. The van der Waals surface area contributed by atoms with E-state index in [9.17, 15) is 0 Å². The SMILES string of the molecule is CC(N)c1nc(CNC2CC2C)cs1. The van der Waals surface area contributed by atoms with Crippen LogP contribution in [0.2, 0.25) is 0 Å². The number of nitrogens with one attached hydrogen (secondary N) is 1. The van der Waals surface area contributed by atoms with Gasteiger partial charge in [0.1, 0.15) is 5.01 Å². The minimum atomic E-state index is 0.0635. The van der Waals surface area contributed by atoms with Crippen molar-refractivity contribution in [3.05, 3.63) is 16.1 Å². The summed E-state index contributed by atoms with van der Waals surface area (Å²) in [6.45, 7) is 5.13. The molecule has 78 valence electrons.